The van der Waals surface area contributed by atoms with Crippen molar-refractivity contribution in [2.75, 3.05) is 0 Å². The van der Waals surface area contributed by atoms with Gasteiger partial charge in [-0.15, -0.1) is 5.10 Å². The minimum Gasteiger partial charge on any atom is -0.481 e. The number of halogens is 1. The summed E-state index contributed by atoms with van der Waals surface area (Å²) in [5.41, 5.74) is 0.659. The lowest BCUT2D eigenvalue weighted by Gasteiger charge is -2.17. The van der Waals surface area contributed by atoms with Gasteiger partial charge in [0.2, 0.25) is 5.91 Å². The third-order valence-electron chi connectivity index (χ3n) is 2.68. The van der Waals surface area contributed by atoms with Gasteiger partial charge in [-0.1, -0.05) is 23.7 Å². The molecule has 2 N–H and O–H groups in total. The number of hydrogen-bond donors (Lipinski definition) is 2. The molecular formula is C12H12ClN5O3. The fourth-order valence-electron chi connectivity index (χ4n) is 1.76. The fraction of sp³-hybridized carbons (Fsp3) is 0.250. The van der Waals surface area contributed by atoms with Crippen LogP contribution >= 0.6 is 11.6 Å². The molecule has 0 unspecified atom stereocenters. The first-order valence-corrected chi connectivity index (χ1v) is 6.40. The Morgan fingerprint density at radius 1 is 1.33 bits per heavy atom. The second-order valence-electron chi connectivity index (χ2n) is 4.28. The van der Waals surface area contributed by atoms with Crippen LogP contribution in [0.5, 0.6) is 0 Å². The lowest BCUT2D eigenvalue weighted by molar-refractivity contribution is -0.137. The maximum Gasteiger partial charge on any atom is 0.305 e. The molecule has 0 aliphatic rings. The molecule has 2 rings (SSSR count). The second-order valence-corrected chi connectivity index (χ2v) is 4.71. The highest BCUT2D eigenvalue weighted by Gasteiger charge is 2.18. The van der Waals surface area contributed by atoms with E-state index in [1.54, 1.807) is 24.3 Å². The summed E-state index contributed by atoms with van der Waals surface area (Å²) in [6, 6.07) is 5.97. The first kappa shape index (κ1) is 14.9. The highest BCUT2D eigenvalue weighted by Crippen LogP contribution is 2.19. The van der Waals surface area contributed by atoms with Crippen molar-refractivity contribution >= 4 is 23.5 Å². The van der Waals surface area contributed by atoms with Crippen molar-refractivity contribution in [3.05, 3.63) is 41.2 Å². The number of nitrogens with one attached hydrogen (secondary N) is 1. The van der Waals surface area contributed by atoms with Gasteiger partial charge in [-0.05, 0) is 28.1 Å². The van der Waals surface area contributed by atoms with Gasteiger partial charge in [-0.25, -0.2) is 4.68 Å². The molecule has 1 aromatic carbocycles. The van der Waals surface area contributed by atoms with E-state index in [1.165, 1.54) is 11.0 Å². The fourth-order valence-corrected chi connectivity index (χ4v) is 1.89. The molecule has 0 aliphatic heterocycles. The van der Waals surface area contributed by atoms with Crippen molar-refractivity contribution in [1.82, 2.24) is 25.5 Å². The molecule has 0 saturated carbocycles. The average molecular weight is 310 g/mol. The molecule has 21 heavy (non-hydrogen) atoms. The van der Waals surface area contributed by atoms with E-state index in [1.807, 2.05) is 0 Å². The van der Waals surface area contributed by atoms with E-state index in [4.69, 9.17) is 16.7 Å². The zero-order valence-corrected chi connectivity index (χ0v) is 11.6. The number of aromatic nitrogens is 4. The molecule has 0 bridgehead atoms. The molecule has 0 radical (unpaired) electrons. The van der Waals surface area contributed by atoms with Crippen molar-refractivity contribution in [1.29, 1.82) is 0 Å². The number of carbonyl (C=O) groups is 2. The highest BCUT2D eigenvalue weighted by atomic mass is 35.5. The smallest absolute Gasteiger partial charge is 0.305 e. The number of rotatable bonds is 6. The van der Waals surface area contributed by atoms with Gasteiger partial charge in [-0.3, -0.25) is 9.59 Å². The van der Waals surface area contributed by atoms with E-state index in [0.717, 1.165) is 0 Å². The maximum atomic E-state index is 11.9. The Bertz CT molecular complexity index is 614. The number of tetrazole rings is 1. The SMILES string of the molecule is O=C(O)C[C@H](NC(=O)Cn1cnnn1)c1ccc(Cl)cc1. The molecule has 1 atom stereocenters. The molecule has 0 aliphatic carbocycles. The topological polar surface area (TPSA) is 110 Å². The highest BCUT2D eigenvalue weighted by molar-refractivity contribution is 6.30. The van der Waals surface area contributed by atoms with Crippen LogP contribution in [0.25, 0.3) is 0 Å². The minimum absolute atomic E-state index is 0.0866. The van der Waals surface area contributed by atoms with E-state index < -0.39 is 12.0 Å². The summed E-state index contributed by atoms with van der Waals surface area (Å²) in [6.07, 6.45) is 1.07. The Kier molecular flexibility index (Phi) is 4.83. The van der Waals surface area contributed by atoms with Crippen molar-refractivity contribution in [2.24, 2.45) is 0 Å². The Morgan fingerprint density at radius 2 is 2.05 bits per heavy atom. The Labute approximate surface area is 124 Å². The van der Waals surface area contributed by atoms with Crippen LogP contribution in [0.15, 0.2) is 30.6 Å². The Balaban J connectivity index is 2.07. The van der Waals surface area contributed by atoms with Crippen molar-refractivity contribution < 1.29 is 14.7 Å². The summed E-state index contributed by atoms with van der Waals surface area (Å²) in [6.45, 7) is -0.0866. The van der Waals surface area contributed by atoms with E-state index in [0.29, 0.717) is 10.6 Å². The summed E-state index contributed by atoms with van der Waals surface area (Å²) < 4.78 is 1.25. The van der Waals surface area contributed by atoms with Gasteiger partial charge in [-0.2, -0.15) is 0 Å². The monoisotopic (exact) mass is 309 g/mol. The molecule has 1 heterocycles. The summed E-state index contributed by atoms with van der Waals surface area (Å²) in [7, 11) is 0. The summed E-state index contributed by atoms with van der Waals surface area (Å²) in [5, 5.41) is 22.5. The standard InChI is InChI=1S/C12H12ClN5O3/c13-9-3-1-8(2-4-9)10(5-12(20)21)15-11(19)6-18-7-14-16-17-18/h1-4,7,10H,5-6H2,(H,15,19)(H,20,21)/t10-/m0/s1. The molecule has 0 saturated heterocycles. The van der Waals surface area contributed by atoms with Crippen molar-refractivity contribution in [3.63, 3.8) is 0 Å². The number of carbonyl (C=O) groups excluding carboxylic acids is 1. The maximum absolute atomic E-state index is 11.9. The van der Waals surface area contributed by atoms with Gasteiger partial charge in [0.25, 0.3) is 0 Å². The first-order chi connectivity index (χ1) is 10.0. The number of hydrogen-bond acceptors (Lipinski definition) is 5. The molecule has 110 valence electrons. The van der Waals surface area contributed by atoms with Crippen molar-refractivity contribution in [3.8, 4) is 0 Å². The molecule has 0 fully saturated rings. The molecule has 8 nitrogen and oxygen atoms in total. The molecule has 1 aromatic heterocycles. The first-order valence-electron chi connectivity index (χ1n) is 6.02. The number of nitrogens with zero attached hydrogens (tertiary/aromatic N) is 4. The van der Waals surface area contributed by atoms with Gasteiger partial charge < -0.3 is 10.4 Å². The minimum atomic E-state index is -1.02. The molecular weight excluding hydrogens is 298 g/mol. The largest absolute Gasteiger partial charge is 0.481 e. The Morgan fingerprint density at radius 3 is 2.62 bits per heavy atom. The lowest BCUT2D eigenvalue weighted by atomic mass is 10.0. The van der Waals surface area contributed by atoms with Crippen LogP contribution in [0.3, 0.4) is 0 Å². The van der Waals surface area contributed by atoms with Crippen LogP contribution in [0.2, 0.25) is 5.02 Å². The number of benzene rings is 1. The number of carboxylic acid groups (broad SMARTS) is 1. The third kappa shape index (κ3) is 4.53. The van der Waals surface area contributed by atoms with Crippen LogP contribution in [0.4, 0.5) is 0 Å². The zero-order chi connectivity index (χ0) is 15.2. The summed E-state index contributed by atoms with van der Waals surface area (Å²) >= 11 is 5.79. The van der Waals surface area contributed by atoms with Crippen LogP contribution < -0.4 is 5.32 Å². The van der Waals surface area contributed by atoms with Crippen LogP contribution in [-0.4, -0.2) is 37.2 Å². The molecule has 1 amide bonds. The molecule has 0 spiro atoms. The number of carboxylic acids is 1. The van der Waals surface area contributed by atoms with Crippen LogP contribution in [-0.2, 0) is 16.1 Å². The van der Waals surface area contributed by atoms with E-state index >= 15 is 0 Å². The second kappa shape index (κ2) is 6.80. The van der Waals surface area contributed by atoms with Crippen LogP contribution in [0, 0.1) is 0 Å². The predicted molar refractivity (Wildman–Crippen MR) is 72.4 cm³/mol. The predicted octanol–water partition coefficient (Wildman–Crippen LogP) is 0.659. The van der Waals surface area contributed by atoms with Crippen molar-refractivity contribution in [2.45, 2.75) is 19.0 Å². The quantitative estimate of drug-likeness (QED) is 0.811. The van der Waals surface area contributed by atoms with Gasteiger partial charge in [0.1, 0.15) is 12.9 Å². The van der Waals surface area contributed by atoms with E-state index in [9.17, 15) is 9.59 Å². The average Bonchev–Trinajstić information content (AvgIpc) is 2.91. The van der Waals surface area contributed by atoms with Gasteiger partial charge in [0.05, 0.1) is 12.5 Å². The van der Waals surface area contributed by atoms with Gasteiger partial charge in [0.15, 0.2) is 0 Å². The summed E-state index contributed by atoms with van der Waals surface area (Å²) in [5.74, 6) is -1.40. The number of aliphatic carboxylic acids is 1. The van der Waals surface area contributed by atoms with Crippen LogP contribution in [0.1, 0.15) is 18.0 Å². The summed E-state index contributed by atoms with van der Waals surface area (Å²) in [4.78, 5) is 22.8. The molecule has 2 aromatic rings. The zero-order valence-electron chi connectivity index (χ0n) is 10.8. The van der Waals surface area contributed by atoms with E-state index in [2.05, 4.69) is 20.8 Å². The number of amides is 1. The molecule has 9 heteroatoms. The van der Waals surface area contributed by atoms with Gasteiger partial charge >= 0.3 is 5.97 Å². The Hall–Kier alpha value is -2.48. The third-order valence-corrected chi connectivity index (χ3v) is 2.94. The lowest BCUT2D eigenvalue weighted by Crippen LogP contribution is -2.33. The van der Waals surface area contributed by atoms with Gasteiger partial charge in [0, 0.05) is 5.02 Å². The normalized spacial score (nSPS) is 11.9. The van der Waals surface area contributed by atoms with E-state index in [-0.39, 0.29) is 18.9 Å².